The van der Waals surface area contributed by atoms with E-state index >= 15 is 0 Å². The minimum atomic E-state index is -0.370. The first-order valence-electron chi connectivity index (χ1n) is 7.31. The number of benzene rings is 1. The van der Waals surface area contributed by atoms with E-state index in [9.17, 15) is 5.11 Å². The minimum absolute atomic E-state index is 0.370. The summed E-state index contributed by atoms with van der Waals surface area (Å²) in [6.45, 7) is 2.63. The van der Waals surface area contributed by atoms with Gasteiger partial charge in [0.05, 0.1) is 12.7 Å². The molecule has 0 bridgehead atoms. The van der Waals surface area contributed by atoms with E-state index in [4.69, 9.17) is 4.74 Å². The average molecular weight is 327 g/mol. The van der Waals surface area contributed by atoms with Crippen molar-refractivity contribution in [1.82, 2.24) is 0 Å². The maximum absolute atomic E-state index is 10.3. The van der Waals surface area contributed by atoms with Crippen molar-refractivity contribution in [3.63, 3.8) is 0 Å². The normalized spacial score (nSPS) is 17.6. The molecule has 19 heavy (non-hydrogen) atoms. The second kappa shape index (κ2) is 7.30. The van der Waals surface area contributed by atoms with E-state index in [-0.39, 0.29) is 6.10 Å². The van der Waals surface area contributed by atoms with Crippen LogP contribution in [0, 0.1) is 5.92 Å². The molecule has 0 radical (unpaired) electrons. The van der Waals surface area contributed by atoms with Gasteiger partial charge in [-0.05, 0) is 43.4 Å². The number of ether oxygens (including phenoxy) is 1. The highest BCUT2D eigenvalue weighted by Crippen LogP contribution is 2.34. The number of aliphatic hydroxyl groups is 1. The Bertz CT molecular complexity index is 400. The van der Waals surface area contributed by atoms with E-state index in [1.54, 1.807) is 0 Å². The Morgan fingerprint density at radius 3 is 2.74 bits per heavy atom. The van der Waals surface area contributed by atoms with Crippen LogP contribution in [0.1, 0.15) is 57.1 Å². The molecule has 0 aliphatic heterocycles. The van der Waals surface area contributed by atoms with Gasteiger partial charge in [-0.3, -0.25) is 0 Å². The fourth-order valence-electron chi connectivity index (χ4n) is 2.88. The maximum atomic E-state index is 10.3. The fraction of sp³-hybridized carbons (Fsp3) is 0.625. The molecular weight excluding hydrogens is 304 g/mol. The lowest BCUT2D eigenvalue weighted by molar-refractivity contribution is 0.156. The van der Waals surface area contributed by atoms with Crippen molar-refractivity contribution in [1.29, 1.82) is 0 Å². The van der Waals surface area contributed by atoms with E-state index in [0.717, 1.165) is 34.5 Å². The molecule has 1 aromatic carbocycles. The monoisotopic (exact) mass is 326 g/mol. The van der Waals surface area contributed by atoms with Crippen LogP contribution in [0.5, 0.6) is 5.75 Å². The van der Waals surface area contributed by atoms with Crippen LogP contribution in [0.4, 0.5) is 0 Å². The quantitative estimate of drug-likeness (QED) is 0.809. The lowest BCUT2D eigenvalue weighted by Gasteiger charge is -2.16. The molecule has 0 amide bonds. The van der Waals surface area contributed by atoms with Gasteiger partial charge in [0.1, 0.15) is 5.75 Å². The fourth-order valence-corrected chi connectivity index (χ4v) is 3.50. The molecule has 1 aliphatic rings. The second-order valence-corrected chi connectivity index (χ2v) is 6.21. The summed E-state index contributed by atoms with van der Waals surface area (Å²) in [6.07, 6.45) is 7.05. The zero-order valence-electron chi connectivity index (χ0n) is 11.6. The number of aliphatic hydroxyl groups excluding tert-OH is 1. The summed E-state index contributed by atoms with van der Waals surface area (Å²) in [5.74, 6) is 1.68. The van der Waals surface area contributed by atoms with Crippen LogP contribution < -0.4 is 4.74 Å². The van der Waals surface area contributed by atoms with Gasteiger partial charge in [-0.25, -0.2) is 0 Å². The summed E-state index contributed by atoms with van der Waals surface area (Å²) >= 11 is 3.53. The molecule has 1 saturated carbocycles. The van der Waals surface area contributed by atoms with Crippen molar-refractivity contribution in [3.8, 4) is 5.75 Å². The van der Waals surface area contributed by atoms with Crippen LogP contribution in [-0.2, 0) is 0 Å². The third kappa shape index (κ3) is 4.22. The second-order valence-electron chi connectivity index (χ2n) is 5.36. The smallest absolute Gasteiger partial charge is 0.120 e. The molecule has 106 valence electrons. The van der Waals surface area contributed by atoms with Gasteiger partial charge in [-0.2, -0.15) is 0 Å². The Balaban J connectivity index is 1.92. The van der Waals surface area contributed by atoms with Crippen molar-refractivity contribution in [2.75, 3.05) is 6.61 Å². The minimum Gasteiger partial charge on any atom is -0.494 e. The summed E-state index contributed by atoms with van der Waals surface area (Å²) in [6, 6.07) is 5.84. The SMILES string of the molecule is CCOc1ccc(C(O)CCC2CCCC2)c(Br)c1. The molecule has 1 fully saturated rings. The standard InChI is InChI=1S/C16H23BrO2/c1-2-19-13-8-9-14(15(17)11-13)16(18)10-7-12-5-3-4-6-12/h8-9,11-12,16,18H,2-7,10H2,1H3. The Kier molecular flexibility index (Phi) is 5.71. The molecule has 0 saturated heterocycles. The molecule has 1 atom stereocenters. The average Bonchev–Trinajstić information content (AvgIpc) is 2.89. The highest BCUT2D eigenvalue weighted by Gasteiger charge is 2.18. The van der Waals surface area contributed by atoms with Crippen molar-refractivity contribution < 1.29 is 9.84 Å². The number of hydrogen-bond acceptors (Lipinski definition) is 2. The molecule has 3 heteroatoms. The summed E-state index contributed by atoms with van der Waals surface area (Å²) < 4.78 is 6.39. The zero-order valence-corrected chi connectivity index (χ0v) is 13.2. The van der Waals surface area contributed by atoms with E-state index < -0.39 is 0 Å². The molecule has 2 rings (SSSR count). The van der Waals surface area contributed by atoms with Crippen LogP contribution in [0.15, 0.2) is 22.7 Å². The highest BCUT2D eigenvalue weighted by molar-refractivity contribution is 9.10. The predicted molar refractivity (Wildman–Crippen MR) is 81.5 cm³/mol. The lowest BCUT2D eigenvalue weighted by atomic mass is 9.96. The highest BCUT2D eigenvalue weighted by atomic mass is 79.9. The predicted octanol–water partition coefficient (Wildman–Crippen LogP) is 4.85. The largest absolute Gasteiger partial charge is 0.494 e. The number of hydrogen-bond donors (Lipinski definition) is 1. The van der Waals surface area contributed by atoms with Crippen molar-refractivity contribution >= 4 is 15.9 Å². The van der Waals surface area contributed by atoms with Crippen molar-refractivity contribution in [3.05, 3.63) is 28.2 Å². The first-order chi connectivity index (χ1) is 9.20. The molecule has 1 aliphatic carbocycles. The summed E-state index contributed by atoms with van der Waals surface area (Å²) in [4.78, 5) is 0. The molecule has 1 unspecified atom stereocenters. The van der Waals surface area contributed by atoms with Gasteiger partial charge in [-0.1, -0.05) is 47.7 Å². The molecule has 0 aromatic heterocycles. The summed E-state index contributed by atoms with van der Waals surface area (Å²) in [7, 11) is 0. The van der Waals surface area contributed by atoms with Crippen LogP contribution >= 0.6 is 15.9 Å². The van der Waals surface area contributed by atoms with Crippen LogP contribution in [-0.4, -0.2) is 11.7 Å². The Labute approximate surface area is 124 Å². The molecule has 2 nitrogen and oxygen atoms in total. The van der Waals surface area contributed by atoms with E-state index in [1.807, 2.05) is 25.1 Å². The molecule has 1 aromatic rings. The number of rotatable bonds is 6. The zero-order chi connectivity index (χ0) is 13.7. The van der Waals surface area contributed by atoms with Gasteiger partial charge in [0.2, 0.25) is 0 Å². The van der Waals surface area contributed by atoms with Gasteiger partial charge in [0.25, 0.3) is 0 Å². The van der Waals surface area contributed by atoms with Gasteiger partial charge in [0, 0.05) is 4.47 Å². The maximum Gasteiger partial charge on any atom is 0.120 e. The third-order valence-corrected chi connectivity index (χ3v) is 4.65. The van der Waals surface area contributed by atoms with E-state index in [0.29, 0.717) is 6.61 Å². The molecule has 0 heterocycles. The number of halogens is 1. The van der Waals surface area contributed by atoms with Crippen molar-refractivity contribution in [2.45, 2.75) is 51.6 Å². The Morgan fingerprint density at radius 2 is 2.11 bits per heavy atom. The molecular formula is C16H23BrO2. The molecule has 0 spiro atoms. The first kappa shape index (κ1) is 14.9. The van der Waals surface area contributed by atoms with Crippen molar-refractivity contribution in [2.24, 2.45) is 5.92 Å². The van der Waals surface area contributed by atoms with Gasteiger partial charge >= 0.3 is 0 Å². The summed E-state index contributed by atoms with van der Waals surface area (Å²) in [5.41, 5.74) is 0.974. The lowest BCUT2D eigenvalue weighted by Crippen LogP contribution is -2.03. The van der Waals surface area contributed by atoms with E-state index in [1.165, 1.54) is 25.7 Å². The van der Waals surface area contributed by atoms with Crippen LogP contribution in [0.2, 0.25) is 0 Å². The van der Waals surface area contributed by atoms with Gasteiger partial charge in [-0.15, -0.1) is 0 Å². The summed E-state index contributed by atoms with van der Waals surface area (Å²) in [5, 5.41) is 10.3. The third-order valence-electron chi connectivity index (χ3n) is 3.97. The topological polar surface area (TPSA) is 29.5 Å². The van der Waals surface area contributed by atoms with Crippen LogP contribution in [0.25, 0.3) is 0 Å². The van der Waals surface area contributed by atoms with Gasteiger partial charge in [0.15, 0.2) is 0 Å². The Hall–Kier alpha value is -0.540. The van der Waals surface area contributed by atoms with Crippen LogP contribution in [0.3, 0.4) is 0 Å². The Morgan fingerprint density at radius 1 is 1.37 bits per heavy atom. The first-order valence-corrected chi connectivity index (χ1v) is 8.10. The van der Waals surface area contributed by atoms with E-state index in [2.05, 4.69) is 15.9 Å². The molecule has 1 N–H and O–H groups in total. The van der Waals surface area contributed by atoms with Gasteiger partial charge < -0.3 is 9.84 Å².